The maximum atomic E-state index is 6.33. The van der Waals surface area contributed by atoms with Crippen molar-refractivity contribution in [3.8, 4) is 0 Å². The van der Waals surface area contributed by atoms with Crippen molar-refractivity contribution in [1.82, 2.24) is 15.0 Å². The highest BCUT2D eigenvalue weighted by molar-refractivity contribution is 9.10. The topological polar surface area (TPSA) is 56.7 Å². The monoisotopic (exact) mass is 308 g/mol. The molecule has 1 aromatic carbocycles. The highest BCUT2D eigenvalue weighted by Gasteiger charge is 2.17. The van der Waals surface area contributed by atoms with Gasteiger partial charge in [0.2, 0.25) is 0 Å². The Balaban J connectivity index is 2.38. The van der Waals surface area contributed by atoms with Crippen molar-refractivity contribution in [2.45, 2.75) is 32.9 Å². The van der Waals surface area contributed by atoms with Gasteiger partial charge in [-0.2, -0.15) is 0 Å². The Labute approximate surface area is 115 Å². The van der Waals surface area contributed by atoms with Crippen molar-refractivity contribution in [3.63, 3.8) is 0 Å². The van der Waals surface area contributed by atoms with E-state index in [0.29, 0.717) is 0 Å². The largest absolute Gasteiger partial charge is 0.319 e. The van der Waals surface area contributed by atoms with Crippen LogP contribution in [-0.4, -0.2) is 15.0 Å². The fourth-order valence-electron chi connectivity index (χ4n) is 1.96. The molecule has 2 aromatic rings. The Kier molecular flexibility index (Phi) is 4.14. The van der Waals surface area contributed by atoms with Crippen LogP contribution < -0.4 is 5.73 Å². The van der Waals surface area contributed by atoms with Gasteiger partial charge >= 0.3 is 0 Å². The van der Waals surface area contributed by atoms with Gasteiger partial charge in [0.05, 0.1) is 17.9 Å². The van der Waals surface area contributed by atoms with Gasteiger partial charge < -0.3 is 5.73 Å². The van der Waals surface area contributed by atoms with E-state index in [1.165, 1.54) is 5.56 Å². The number of halogens is 1. The summed E-state index contributed by atoms with van der Waals surface area (Å²) in [5.41, 5.74) is 9.52. The molecular weight excluding hydrogens is 292 g/mol. The smallest absolute Gasteiger partial charge is 0.0800 e. The first-order valence-corrected chi connectivity index (χ1v) is 6.83. The van der Waals surface area contributed by atoms with Crippen LogP contribution in [0, 0.1) is 6.92 Å². The Hall–Kier alpha value is -1.20. The molecule has 1 unspecified atom stereocenters. The zero-order valence-corrected chi connectivity index (χ0v) is 12.2. The maximum absolute atomic E-state index is 6.33. The quantitative estimate of drug-likeness (QED) is 0.945. The van der Waals surface area contributed by atoms with E-state index in [1.807, 2.05) is 16.8 Å². The van der Waals surface area contributed by atoms with Crippen molar-refractivity contribution < 1.29 is 0 Å². The van der Waals surface area contributed by atoms with E-state index >= 15 is 0 Å². The van der Waals surface area contributed by atoms with Gasteiger partial charge in [0.25, 0.3) is 0 Å². The van der Waals surface area contributed by atoms with E-state index in [1.54, 1.807) is 6.20 Å². The van der Waals surface area contributed by atoms with Crippen LogP contribution >= 0.6 is 15.9 Å². The normalized spacial score (nSPS) is 12.7. The molecule has 0 saturated carbocycles. The lowest BCUT2D eigenvalue weighted by Gasteiger charge is -2.16. The minimum atomic E-state index is -0.208. The molecule has 0 amide bonds. The molecule has 0 saturated heterocycles. The first-order chi connectivity index (χ1) is 8.65. The molecular formula is C13H17BrN4. The molecule has 18 heavy (non-hydrogen) atoms. The summed E-state index contributed by atoms with van der Waals surface area (Å²) in [5.74, 6) is 0. The molecule has 2 N–H and O–H groups in total. The molecule has 2 rings (SSSR count). The Morgan fingerprint density at radius 3 is 2.94 bits per heavy atom. The minimum Gasteiger partial charge on any atom is -0.319 e. The third kappa shape index (κ3) is 2.47. The molecule has 0 aliphatic heterocycles. The van der Waals surface area contributed by atoms with Crippen LogP contribution in [0.3, 0.4) is 0 Å². The number of aromatic nitrogens is 3. The van der Waals surface area contributed by atoms with Crippen molar-refractivity contribution >= 4 is 15.9 Å². The van der Waals surface area contributed by atoms with Gasteiger partial charge in [0.15, 0.2) is 0 Å². The molecule has 4 nitrogen and oxygen atoms in total. The zero-order valence-electron chi connectivity index (χ0n) is 10.6. The van der Waals surface area contributed by atoms with E-state index in [0.717, 1.165) is 28.7 Å². The van der Waals surface area contributed by atoms with Crippen LogP contribution in [0.4, 0.5) is 0 Å². The summed E-state index contributed by atoms with van der Waals surface area (Å²) in [6.45, 7) is 5.01. The zero-order chi connectivity index (χ0) is 13.1. The summed E-state index contributed by atoms with van der Waals surface area (Å²) in [4.78, 5) is 0. The fourth-order valence-corrected chi connectivity index (χ4v) is 2.47. The number of benzene rings is 1. The summed E-state index contributed by atoms with van der Waals surface area (Å²) in [6.07, 6.45) is 2.76. The standard InChI is InChI=1S/C13H17BrN4/c1-3-7-18-11(8-16-17-18)13(15)10-6-4-5-9(2)12(10)14/h4-6,8,13H,3,7,15H2,1-2H3. The molecule has 0 bridgehead atoms. The molecule has 0 aliphatic carbocycles. The second-order valence-electron chi connectivity index (χ2n) is 4.34. The fraction of sp³-hybridized carbons (Fsp3) is 0.385. The summed E-state index contributed by atoms with van der Waals surface area (Å²) in [7, 11) is 0. The predicted octanol–water partition coefficient (Wildman–Crippen LogP) is 2.81. The van der Waals surface area contributed by atoms with E-state index in [9.17, 15) is 0 Å². The summed E-state index contributed by atoms with van der Waals surface area (Å²) in [5, 5.41) is 8.03. The Morgan fingerprint density at radius 1 is 1.44 bits per heavy atom. The molecule has 1 aromatic heterocycles. The van der Waals surface area contributed by atoms with Gasteiger partial charge in [-0.3, -0.25) is 0 Å². The van der Waals surface area contributed by atoms with E-state index in [4.69, 9.17) is 5.73 Å². The van der Waals surface area contributed by atoms with Gasteiger partial charge in [-0.1, -0.05) is 46.3 Å². The molecule has 0 spiro atoms. The van der Waals surface area contributed by atoms with Gasteiger partial charge in [0, 0.05) is 11.0 Å². The second-order valence-corrected chi connectivity index (χ2v) is 5.13. The average Bonchev–Trinajstić information content (AvgIpc) is 2.80. The number of aryl methyl sites for hydroxylation is 2. The van der Waals surface area contributed by atoms with Crippen molar-refractivity contribution in [1.29, 1.82) is 0 Å². The number of nitrogens with two attached hydrogens (primary N) is 1. The van der Waals surface area contributed by atoms with Crippen LogP contribution in [0.5, 0.6) is 0 Å². The third-order valence-electron chi connectivity index (χ3n) is 2.96. The molecule has 0 aliphatic rings. The second kappa shape index (κ2) is 5.63. The number of hydrogen-bond donors (Lipinski definition) is 1. The van der Waals surface area contributed by atoms with Crippen LogP contribution in [-0.2, 0) is 6.54 Å². The van der Waals surface area contributed by atoms with Crippen molar-refractivity contribution in [2.75, 3.05) is 0 Å². The van der Waals surface area contributed by atoms with Crippen molar-refractivity contribution in [3.05, 3.63) is 45.7 Å². The van der Waals surface area contributed by atoms with Crippen LogP contribution in [0.15, 0.2) is 28.9 Å². The maximum Gasteiger partial charge on any atom is 0.0800 e. The predicted molar refractivity (Wildman–Crippen MR) is 75.2 cm³/mol. The number of nitrogens with zero attached hydrogens (tertiary/aromatic N) is 3. The molecule has 1 heterocycles. The minimum absolute atomic E-state index is 0.208. The lowest BCUT2D eigenvalue weighted by atomic mass is 10.0. The molecule has 5 heteroatoms. The van der Waals surface area contributed by atoms with E-state index < -0.39 is 0 Å². The van der Waals surface area contributed by atoms with Crippen LogP contribution in [0.1, 0.15) is 36.2 Å². The van der Waals surface area contributed by atoms with Crippen LogP contribution in [0.25, 0.3) is 0 Å². The number of rotatable bonds is 4. The Morgan fingerprint density at radius 2 is 2.22 bits per heavy atom. The lowest BCUT2D eigenvalue weighted by molar-refractivity contribution is 0.543. The molecule has 0 radical (unpaired) electrons. The molecule has 96 valence electrons. The van der Waals surface area contributed by atoms with Crippen molar-refractivity contribution in [2.24, 2.45) is 5.73 Å². The van der Waals surface area contributed by atoms with Crippen LogP contribution in [0.2, 0.25) is 0 Å². The Bertz CT molecular complexity index is 536. The van der Waals surface area contributed by atoms with Gasteiger partial charge in [-0.05, 0) is 24.5 Å². The van der Waals surface area contributed by atoms with E-state index in [-0.39, 0.29) is 6.04 Å². The number of hydrogen-bond acceptors (Lipinski definition) is 3. The van der Waals surface area contributed by atoms with E-state index in [2.05, 4.69) is 46.2 Å². The lowest BCUT2D eigenvalue weighted by Crippen LogP contribution is -2.18. The third-order valence-corrected chi connectivity index (χ3v) is 4.04. The summed E-state index contributed by atoms with van der Waals surface area (Å²) >= 11 is 3.60. The SMILES string of the molecule is CCCn1nncc1C(N)c1cccc(C)c1Br. The average molecular weight is 309 g/mol. The highest BCUT2D eigenvalue weighted by Crippen LogP contribution is 2.28. The first-order valence-electron chi connectivity index (χ1n) is 6.04. The molecule has 0 fully saturated rings. The highest BCUT2D eigenvalue weighted by atomic mass is 79.9. The molecule has 1 atom stereocenters. The first kappa shape index (κ1) is 13.2. The summed E-state index contributed by atoms with van der Waals surface area (Å²) in [6, 6.07) is 5.90. The van der Waals surface area contributed by atoms with Gasteiger partial charge in [0.1, 0.15) is 0 Å². The van der Waals surface area contributed by atoms with Gasteiger partial charge in [-0.15, -0.1) is 5.10 Å². The summed E-state index contributed by atoms with van der Waals surface area (Å²) < 4.78 is 2.93. The van der Waals surface area contributed by atoms with Gasteiger partial charge in [-0.25, -0.2) is 4.68 Å².